The van der Waals surface area contributed by atoms with E-state index in [0.29, 0.717) is 32.5 Å². The fourth-order valence-electron chi connectivity index (χ4n) is 1.23. The van der Waals surface area contributed by atoms with Gasteiger partial charge in [-0.1, -0.05) is 6.92 Å². The molecule has 0 rings (SSSR count). The quantitative estimate of drug-likeness (QED) is 0.425. The van der Waals surface area contributed by atoms with E-state index in [2.05, 4.69) is 4.74 Å². The molecule has 19 heavy (non-hydrogen) atoms. The molecule has 0 saturated carbocycles. The van der Waals surface area contributed by atoms with E-state index in [1.165, 1.54) is 0 Å². The average Bonchev–Trinajstić information content (AvgIpc) is 2.35. The number of hydrogen-bond acceptors (Lipinski definition) is 5. The van der Waals surface area contributed by atoms with Crippen LogP contribution >= 0.6 is 0 Å². The van der Waals surface area contributed by atoms with Crippen molar-refractivity contribution in [2.75, 3.05) is 26.4 Å². The van der Waals surface area contributed by atoms with Crippen molar-refractivity contribution in [2.45, 2.75) is 32.6 Å². The molecule has 0 aromatic heterocycles. The first-order valence-corrected chi connectivity index (χ1v) is 6.23. The average molecular weight is 280 g/mol. The van der Waals surface area contributed by atoms with E-state index in [1.54, 1.807) is 6.92 Å². The van der Waals surface area contributed by atoms with Crippen LogP contribution in [0.2, 0.25) is 0 Å². The Labute approximate surface area is 112 Å². The van der Waals surface area contributed by atoms with Gasteiger partial charge in [-0.3, -0.25) is 9.59 Å². The van der Waals surface area contributed by atoms with Crippen LogP contribution < -0.4 is 0 Å². The lowest BCUT2D eigenvalue weighted by atomic mass is 10.00. The maximum absolute atomic E-state index is 10.5. The first-order valence-electron chi connectivity index (χ1n) is 6.23. The van der Waals surface area contributed by atoms with Crippen LogP contribution in [-0.2, 0) is 14.3 Å². The summed E-state index contributed by atoms with van der Waals surface area (Å²) in [7, 11) is 0. The molecule has 0 aliphatic carbocycles. The minimum Gasteiger partial charge on any atom is -0.481 e. The molecular weight excluding hydrogens is 256 g/mol. The Morgan fingerprint density at radius 3 is 1.95 bits per heavy atom. The SMILES string of the molecule is CCC(CCCC(=O)O)C(=O)O.OCCOCCO. The molecule has 0 aliphatic heterocycles. The number of carboxylic acid groups (broad SMARTS) is 2. The van der Waals surface area contributed by atoms with Crippen molar-refractivity contribution in [3.8, 4) is 0 Å². The largest absolute Gasteiger partial charge is 0.481 e. The monoisotopic (exact) mass is 280 g/mol. The van der Waals surface area contributed by atoms with E-state index >= 15 is 0 Å². The maximum atomic E-state index is 10.5. The lowest BCUT2D eigenvalue weighted by molar-refractivity contribution is -0.143. The lowest BCUT2D eigenvalue weighted by Crippen LogP contribution is -2.12. The highest BCUT2D eigenvalue weighted by molar-refractivity contribution is 5.70. The number of hydrogen-bond donors (Lipinski definition) is 4. The van der Waals surface area contributed by atoms with Crippen molar-refractivity contribution in [1.29, 1.82) is 0 Å². The zero-order chi connectivity index (χ0) is 15.1. The molecular formula is C12H24O7. The summed E-state index contributed by atoms with van der Waals surface area (Å²) in [5, 5.41) is 33.1. The number of aliphatic hydroxyl groups excluding tert-OH is 2. The van der Waals surface area contributed by atoms with Crippen molar-refractivity contribution in [3.63, 3.8) is 0 Å². The molecule has 4 N–H and O–H groups in total. The van der Waals surface area contributed by atoms with Gasteiger partial charge in [-0.2, -0.15) is 0 Å². The number of aliphatic hydroxyl groups is 2. The third kappa shape index (κ3) is 16.8. The van der Waals surface area contributed by atoms with Crippen LogP contribution in [0.1, 0.15) is 32.6 Å². The van der Waals surface area contributed by atoms with Gasteiger partial charge >= 0.3 is 11.9 Å². The second-order valence-electron chi connectivity index (χ2n) is 3.79. The Hall–Kier alpha value is -1.18. The second kappa shape index (κ2) is 14.9. The van der Waals surface area contributed by atoms with Crippen LogP contribution in [0, 0.1) is 5.92 Å². The van der Waals surface area contributed by atoms with Gasteiger partial charge in [0.25, 0.3) is 0 Å². The minimum atomic E-state index is -0.866. The Morgan fingerprint density at radius 2 is 1.63 bits per heavy atom. The van der Waals surface area contributed by atoms with Gasteiger partial charge in [0, 0.05) is 6.42 Å². The highest BCUT2D eigenvalue weighted by atomic mass is 16.5. The third-order valence-corrected chi connectivity index (χ3v) is 2.26. The predicted octanol–water partition coefficient (Wildman–Crippen LogP) is 0.340. The summed E-state index contributed by atoms with van der Waals surface area (Å²) in [4.78, 5) is 20.6. The summed E-state index contributed by atoms with van der Waals surface area (Å²) in [6.45, 7) is 2.49. The fraction of sp³-hybridized carbons (Fsp3) is 0.833. The van der Waals surface area contributed by atoms with Crippen LogP contribution in [0.5, 0.6) is 0 Å². The summed E-state index contributed by atoms with van der Waals surface area (Å²) in [5.74, 6) is -2.08. The number of rotatable bonds is 10. The summed E-state index contributed by atoms with van der Waals surface area (Å²) in [5.41, 5.74) is 0. The zero-order valence-corrected chi connectivity index (χ0v) is 11.2. The van der Waals surface area contributed by atoms with E-state index in [4.69, 9.17) is 20.4 Å². The Kier molecular flexibility index (Phi) is 15.8. The van der Waals surface area contributed by atoms with Gasteiger partial charge in [0.1, 0.15) is 0 Å². The van der Waals surface area contributed by atoms with Crippen LogP contribution in [-0.4, -0.2) is 58.8 Å². The molecule has 0 saturated heterocycles. The van der Waals surface area contributed by atoms with E-state index in [-0.39, 0.29) is 25.6 Å². The molecule has 0 aromatic rings. The van der Waals surface area contributed by atoms with Gasteiger partial charge < -0.3 is 25.2 Å². The summed E-state index contributed by atoms with van der Waals surface area (Å²) in [6, 6.07) is 0. The molecule has 0 aliphatic rings. The van der Waals surface area contributed by atoms with Crippen LogP contribution in [0.15, 0.2) is 0 Å². The molecule has 1 atom stereocenters. The predicted molar refractivity (Wildman–Crippen MR) is 67.9 cm³/mol. The Bertz CT molecular complexity index is 226. The summed E-state index contributed by atoms with van der Waals surface area (Å²) in [6.07, 6.45) is 1.52. The third-order valence-electron chi connectivity index (χ3n) is 2.26. The summed E-state index contributed by atoms with van der Waals surface area (Å²) < 4.78 is 4.63. The van der Waals surface area contributed by atoms with Gasteiger partial charge in [-0.25, -0.2) is 0 Å². The topological polar surface area (TPSA) is 124 Å². The van der Waals surface area contributed by atoms with Crippen molar-refractivity contribution in [2.24, 2.45) is 5.92 Å². The maximum Gasteiger partial charge on any atom is 0.306 e. The van der Waals surface area contributed by atoms with E-state index in [0.717, 1.165) is 0 Å². The fourth-order valence-corrected chi connectivity index (χ4v) is 1.23. The molecule has 1 unspecified atom stereocenters. The highest BCUT2D eigenvalue weighted by Crippen LogP contribution is 2.12. The van der Waals surface area contributed by atoms with Crippen molar-refractivity contribution >= 4 is 11.9 Å². The second-order valence-corrected chi connectivity index (χ2v) is 3.79. The van der Waals surface area contributed by atoms with E-state index in [1.807, 2.05) is 0 Å². The number of aliphatic carboxylic acids is 2. The minimum absolute atomic E-state index is 0.0278. The number of ether oxygens (including phenoxy) is 1. The van der Waals surface area contributed by atoms with Gasteiger partial charge in [0.15, 0.2) is 0 Å². The van der Waals surface area contributed by atoms with Gasteiger partial charge in [0.2, 0.25) is 0 Å². The van der Waals surface area contributed by atoms with Crippen molar-refractivity contribution < 1.29 is 34.8 Å². The van der Waals surface area contributed by atoms with Crippen LogP contribution in [0.25, 0.3) is 0 Å². The van der Waals surface area contributed by atoms with Crippen molar-refractivity contribution in [1.82, 2.24) is 0 Å². The molecule has 0 spiro atoms. The first-order chi connectivity index (χ1) is 8.99. The number of carbonyl (C=O) groups is 2. The molecule has 0 aromatic carbocycles. The van der Waals surface area contributed by atoms with Crippen LogP contribution in [0.3, 0.4) is 0 Å². The molecule has 7 nitrogen and oxygen atoms in total. The first kappa shape index (κ1) is 20.1. The molecule has 0 bridgehead atoms. The molecule has 0 amide bonds. The van der Waals surface area contributed by atoms with Crippen molar-refractivity contribution in [3.05, 3.63) is 0 Å². The molecule has 7 heteroatoms. The molecule has 0 heterocycles. The van der Waals surface area contributed by atoms with Gasteiger partial charge in [-0.05, 0) is 19.3 Å². The standard InChI is InChI=1S/C8H14O4.C4H10O3/c1-2-6(8(11)12)4-3-5-7(9)10;5-1-3-7-4-2-6/h6H,2-5H2,1H3,(H,9,10)(H,11,12);5-6H,1-4H2. The number of carboxylic acids is 2. The van der Waals surface area contributed by atoms with E-state index in [9.17, 15) is 9.59 Å². The van der Waals surface area contributed by atoms with Gasteiger partial charge in [-0.15, -0.1) is 0 Å². The van der Waals surface area contributed by atoms with Crippen LogP contribution in [0.4, 0.5) is 0 Å². The smallest absolute Gasteiger partial charge is 0.306 e. The van der Waals surface area contributed by atoms with Gasteiger partial charge in [0.05, 0.1) is 32.3 Å². The molecule has 0 fully saturated rings. The zero-order valence-electron chi connectivity index (χ0n) is 11.2. The summed E-state index contributed by atoms with van der Waals surface area (Å²) >= 11 is 0. The molecule has 0 radical (unpaired) electrons. The van der Waals surface area contributed by atoms with E-state index < -0.39 is 11.9 Å². The Balaban J connectivity index is 0. The normalized spacial score (nSPS) is 11.3. The molecule has 114 valence electrons. The Morgan fingerprint density at radius 1 is 1.11 bits per heavy atom. The lowest BCUT2D eigenvalue weighted by Gasteiger charge is -2.07. The highest BCUT2D eigenvalue weighted by Gasteiger charge is 2.14.